The van der Waals surface area contributed by atoms with Gasteiger partial charge in [0.1, 0.15) is 11.8 Å². The van der Waals surface area contributed by atoms with E-state index in [1.807, 2.05) is 37.4 Å². The number of fused-ring (bicyclic) bond motifs is 2. The van der Waals surface area contributed by atoms with E-state index in [1.54, 1.807) is 0 Å². The van der Waals surface area contributed by atoms with E-state index in [0.717, 1.165) is 55.2 Å². The zero-order chi connectivity index (χ0) is 26.7. The number of aromatic amines is 1. The lowest BCUT2D eigenvalue weighted by Crippen LogP contribution is -2.48. The molecule has 3 N–H and O–H groups in total. The minimum absolute atomic E-state index is 0.120. The number of para-hydroxylation sites is 2. The highest BCUT2D eigenvalue weighted by Gasteiger charge is 2.22. The molecular weight excluding hydrogens is 476 g/mol. The van der Waals surface area contributed by atoms with Crippen LogP contribution in [0.15, 0.2) is 54.7 Å². The van der Waals surface area contributed by atoms with Gasteiger partial charge >= 0.3 is 0 Å². The average molecular weight is 517 g/mol. The molecule has 0 radical (unpaired) electrons. The zero-order valence-electron chi connectivity index (χ0n) is 22.4. The van der Waals surface area contributed by atoms with Crippen LogP contribution < -0.4 is 15.5 Å². The van der Waals surface area contributed by atoms with E-state index >= 15 is 0 Å². The summed E-state index contributed by atoms with van der Waals surface area (Å²) in [5.41, 5.74) is 4.75. The normalized spacial score (nSPS) is 13.3. The number of unbranched alkanes of at least 4 members (excludes halogenated alkanes) is 2. The summed E-state index contributed by atoms with van der Waals surface area (Å²) < 4.78 is 0. The lowest BCUT2D eigenvalue weighted by molar-refractivity contribution is -0.129. The molecule has 3 aromatic rings. The zero-order valence-corrected chi connectivity index (χ0v) is 22.4. The number of hydrogen-bond donors (Lipinski definition) is 3. The van der Waals surface area contributed by atoms with Crippen molar-refractivity contribution in [1.29, 1.82) is 0 Å². The molecular formula is C31H40N4O3. The molecule has 0 saturated carbocycles. The standard InChI is InChI=1S/C31H40N4O3/c1-2-25(36)11-4-3-5-14-28(31(38)32-19-21-35-20-18-23-10-6-9-15-29(23)35)34-30(37)17-16-24-22-33-27-13-8-7-12-26(24)27/h6-10,12-13,15,22,28,33H,2-5,11,14,16-21H2,1H3,(H,32,38)(H,34,37). The summed E-state index contributed by atoms with van der Waals surface area (Å²) in [7, 11) is 0. The van der Waals surface area contributed by atoms with Gasteiger partial charge in [0, 0.05) is 61.7 Å². The van der Waals surface area contributed by atoms with E-state index in [-0.39, 0.29) is 17.6 Å². The molecule has 7 heteroatoms. The van der Waals surface area contributed by atoms with Crippen molar-refractivity contribution in [2.45, 2.75) is 70.8 Å². The van der Waals surface area contributed by atoms with Crippen LogP contribution in [0.2, 0.25) is 0 Å². The molecule has 0 fully saturated rings. The number of benzene rings is 2. The molecule has 1 aliphatic heterocycles. The quantitative estimate of drug-likeness (QED) is 0.255. The summed E-state index contributed by atoms with van der Waals surface area (Å²) in [6, 6.07) is 15.9. The summed E-state index contributed by atoms with van der Waals surface area (Å²) in [5.74, 6) is 0.0148. The van der Waals surface area contributed by atoms with Crippen molar-refractivity contribution in [1.82, 2.24) is 15.6 Å². The maximum atomic E-state index is 13.1. The van der Waals surface area contributed by atoms with Crippen LogP contribution in [0.4, 0.5) is 5.69 Å². The Kier molecular flexibility index (Phi) is 9.96. The molecule has 4 rings (SSSR count). The van der Waals surface area contributed by atoms with Gasteiger partial charge in [0.25, 0.3) is 0 Å². The summed E-state index contributed by atoms with van der Waals surface area (Å²) in [4.78, 5) is 43.1. The predicted octanol–water partition coefficient (Wildman–Crippen LogP) is 4.69. The van der Waals surface area contributed by atoms with Crippen molar-refractivity contribution >= 4 is 34.2 Å². The van der Waals surface area contributed by atoms with Crippen LogP contribution in [-0.2, 0) is 27.2 Å². The molecule has 7 nitrogen and oxygen atoms in total. The van der Waals surface area contributed by atoms with Gasteiger partial charge in [-0.1, -0.05) is 56.2 Å². The lowest BCUT2D eigenvalue weighted by Gasteiger charge is -2.22. The number of hydrogen-bond acceptors (Lipinski definition) is 4. The van der Waals surface area contributed by atoms with Crippen molar-refractivity contribution in [3.05, 3.63) is 65.9 Å². The number of H-pyrrole nitrogens is 1. The number of carbonyl (C=O) groups excluding carboxylic acids is 3. The topological polar surface area (TPSA) is 94.3 Å². The molecule has 202 valence electrons. The Morgan fingerprint density at radius 3 is 2.68 bits per heavy atom. The Bertz CT molecular complexity index is 1230. The van der Waals surface area contributed by atoms with E-state index in [9.17, 15) is 14.4 Å². The first kappa shape index (κ1) is 27.4. The van der Waals surface area contributed by atoms with Gasteiger partial charge in [-0.3, -0.25) is 14.4 Å². The largest absolute Gasteiger partial charge is 0.369 e. The third-order valence-corrected chi connectivity index (χ3v) is 7.46. The highest BCUT2D eigenvalue weighted by molar-refractivity contribution is 5.88. The second-order valence-corrected chi connectivity index (χ2v) is 10.1. The number of rotatable bonds is 15. The molecule has 2 aromatic carbocycles. The molecule has 2 amide bonds. The number of Topliss-reactive ketones (excluding diaryl/α,β-unsaturated/α-hetero) is 1. The SMILES string of the molecule is CCC(=O)CCCCCC(NC(=O)CCc1c[nH]c2ccccc12)C(=O)NCCN1CCc2ccccc21. The monoisotopic (exact) mass is 516 g/mol. The number of carbonyl (C=O) groups is 3. The fraction of sp³-hybridized carbons (Fsp3) is 0.452. The first-order valence-electron chi connectivity index (χ1n) is 14.0. The maximum Gasteiger partial charge on any atom is 0.242 e. The van der Waals surface area contributed by atoms with Gasteiger partial charge in [0.05, 0.1) is 0 Å². The predicted molar refractivity (Wildman–Crippen MR) is 152 cm³/mol. The van der Waals surface area contributed by atoms with Gasteiger partial charge in [0.2, 0.25) is 11.8 Å². The highest BCUT2D eigenvalue weighted by atomic mass is 16.2. The van der Waals surface area contributed by atoms with Crippen LogP contribution in [0, 0.1) is 0 Å². The molecule has 1 aliphatic rings. The third-order valence-electron chi connectivity index (χ3n) is 7.46. The molecule has 1 unspecified atom stereocenters. The van der Waals surface area contributed by atoms with Crippen molar-refractivity contribution in [3.8, 4) is 0 Å². The summed E-state index contributed by atoms with van der Waals surface area (Å²) in [5, 5.41) is 7.17. The Labute approximate surface area is 225 Å². The fourth-order valence-corrected chi connectivity index (χ4v) is 5.22. The smallest absolute Gasteiger partial charge is 0.242 e. The van der Waals surface area contributed by atoms with Gasteiger partial charge in [-0.25, -0.2) is 0 Å². The van der Waals surface area contributed by atoms with Crippen LogP contribution in [-0.4, -0.2) is 48.3 Å². The average Bonchev–Trinajstić information content (AvgIpc) is 3.55. The Morgan fingerprint density at radius 2 is 1.82 bits per heavy atom. The summed E-state index contributed by atoms with van der Waals surface area (Å²) in [6.07, 6.45) is 8.11. The third kappa shape index (κ3) is 7.46. The van der Waals surface area contributed by atoms with Crippen LogP contribution in [0.1, 0.15) is 63.0 Å². The van der Waals surface area contributed by atoms with Gasteiger partial charge in [-0.05, 0) is 48.9 Å². The van der Waals surface area contributed by atoms with Crippen LogP contribution in [0.25, 0.3) is 10.9 Å². The summed E-state index contributed by atoms with van der Waals surface area (Å²) in [6.45, 7) is 4.11. The van der Waals surface area contributed by atoms with Gasteiger partial charge in [-0.15, -0.1) is 0 Å². The number of nitrogens with one attached hydrogen (secondary N) is 3. The van der Waals surface area contributed by atoms with Crippen molar-refractivity contribution < 1.29 is 14.4 Å². The Morgan fingerprint density at radius 1 is 1.00 bits per heavy atom. The van der Waals surface area contributed by atoms with Gasteiger partial charge in [0.15, 0.2) is 0 Å². The van der Waals surface area contributed by atoms with Crippen molar-refractivity contribution in [2.24, 2.45) is 0 Å². The van der Waals surface area contributed by atoms with Crippen LogP contribution >= 0.6 is 0 Å². The first-order valence-corrected chi connectivity index (χ1v) is 14.0. The minimum Gasteiger partial charge on any atom is -0.369 e. The number of amides is 2. The summed E-state index contributed by atoms with van der Waals surface area (Å²) >= 11 is 0. The molecule has 0 aliphatic carbocycles. The maximum absolute atomic E-state index is 13.1. The van der Waals surface area contributed by atoms with E-state index in [1.165, 1.54) is 11.3 Å². The fourth-order valence-electron chi connectivity index (χ4n) is 5.22. The Balaban J connectivity index is 1.28. The number of aromatic nitrogens is 1. The molecule has 0 bridgehead atoms. The second kappa shape index (κ2) is 13.8. The lowest BCUT2D eigenvalue weighted by atomic mass is 10.0. The minimum atomic E-state index is -0.571. The van der Waals surface area contributed by atoms with E-state index in [4.69, 9.17) is 0 Å². The van der Waals surface area contributed by atoms with Crippen molar-refractivity contribution in [2.75, 3.05) is 24.5 Å². The molecule has 0 saturated heterocycles. The van der Waals surface area contributed by atoms with Crippen LogP contribution in [0.5, 0.6) is 0 Å². The van der Waals surface area contributed by atoms with Gasteiger partial charge < -0.3 is 20.5 Å². The second-order valence-electron chi connectivity index (χ2n) is 10.1. The van der Waals surface area contributed by atoms with E-state index < -0.39 is 6.04 Å². The molecule has 2 heterocycles. The van der Waals surface area contributed by atoms with Crippen molar-refractivity contribution in [3.63, 3.8) is 0 Å². The van der Waals surface area contributed by atoms with Crippen LogP contribution in [0.3, 0.4) is 0 Å². The van der Waals surface area contributed by atoms with E-state index in [2.05, 4.69) is 44.8 Å². The molecule has 0 spiro atoms. The number of ketones is 1. The number of nitrogens with zero attached hydrogens (tertiary/aromatic N) is 1. The molecule has 1 atom stereocenters. The van der Waals surface area contributed by atoms with Gasteiger partial charge in [-0.2, -0.15) is 0 Å². The highest BCUT2D eigenvalue weighted by Crippen LogP contribution is 2.26. The van der Waals surface area contributed by atoms with E-state index in [0.29, 0.717) is 38.6 Å². The number of aryl methyl sites for hydroxylation is 1. The first-order chi connectivity index (χ1) is 18.5. The molecule has 1 aromatic heterocycles. The Hall–Kier alpha value is -3.61. The molecule has 38 heavy (non-hydrogen) atoms. The number of anilines is 1.